The number of rotatable bonds is 3. The Morgan fingerprint density at radius 2 is 0.833 bits per heavy atom. The number of hydrogen-bond donors (Lipinski definition) is 0. The summed E-state index contributed by atoms with van der Waals surface area (Å²) in [6.45, 7) is 0. The van der Waals surface area contributed by atoms with Crippen LogP contribution in [0.4, 0.5) is 13.2 Å². The molecule has 0 saturated carbocycles. The van der Waals surface area contributed by atoms with Crippen LogP contribution >= 0.6 is 15.9 Å². The van der Waals surface area contributed by atoms with Crippen molar-refractivity contribution in [3.63, 3.8) is 0 Å². The van der Waals surface area contributed by atoms with Crippen LogP contribution in [0.5, 0.6) is 0 Å². The van der Waals surface area contributed by atoms with Crippen LogP contribution in [-0.4, -0.2) is 0 Å². The van der Waals surface area contributed by atoms with Crippen LogP contribution < -0.4 is 0 Å². The SMILES string of the molecule is FC(F)(F)c1ccc(C(Br)(c2ccccc2)c2ccccc2)cc1. The lowest BCUT2D eigenvalue weighted by molar-refractivity contribution is -0.137. The molecule has 0 bridgehead atoms. The summed E-state index contributed by atoms with van der Waals surface area (Å²) in [6.07, 6.45) is -4.34. The summed E-state index contributed by atoms with van der Waals surface area (Å²) < 4.78 is 37.8. The van der Waals surface area contributed by atoms with E-state index in [9.17, 15) is 13.2 Å². The minimum Gasteiger partial charge on any atom is -0.166 e. The molecule has 0 aromatic heterocycles. The fraction of sp³-hybridized carbons (Fsp3) is 0.100. The first-order valence-corrected chi connectivity index (χ1v) is 8.19. The zero-order valence-electron chi connectivity index (χ0n) is 12.6. The molecule has 0 aliphatic heterocycles. The molecule has 0 atom stereocenters. The Balaban J connectivity index is 2.16. The van der Waals surface area contributed by atoms with Crippen molar-refractivity contribution in [3.05, 3.63) is 107 Å². The maximum absolute atomic E-state index is 12.9. The number of halogens is 4. The van der Waals surface area contributed by atoms with Crippen molar-refractivity contribution in [2.24, 2.45) is 0 Å². The van der Waals surface area contributed by atoms with Crippen LogP contribution in [0.3, 0.4) is 0 Å². The van der Waals surface area contributed by atoms with Crippen molar-refractivity contribution in [1.29, 1.82) is 0 Å². The third kappa shape index (κ3) is 3.11. The van der Waals surface area contributed by atoms with Gasteiger partial charge in [0.2, 0.25) is 0 Å². The molecule has 0 aliphatic rings. The van der Waals surface area contributed by atoms with Gasteiger partial charge in [-0.05, 0) is 28.8 Å². The van der Waals surface area contributed by atoms with E-state index in [1.807, 2.05) is 60.7 Å². The van der Waals surface area contributed by atoms with E-state index in [0.717, 1.165) is 28.8 Å². The maximum Gasteiger partial charge on any atom is 0.416 e. The van der Waals surface area contributed by atoms with E-state index in [4.69, 9.17) is 0 Å². The molecule has 3 aromatic carbocycles. The summed E-state index contributed by atoms with van der Waals surface area (Å²) >= 11 is 3.80. The van der Waals surface area contributed by atoms with Gasteiger partial charge in [0, 0.05) is 0 Å². The number of benzene rings is 3. The van der Waals surface area contributed by atoms with E-state index in [-0.39, 0.29) is 0 Å². The summed E-state index contributed by atoms with van der Waals surface area (Å²) in [5.41, 5.74) is 2.00. The standard InChI is InChI=1S/C20H14BrF3/c21-19(15-7-3-1-4-8-15,16-9-5-2-6-10-16)17-11-13-18(14-12-17)20(22,23)24/h1-14H. The van der Waals surface area contributed by atoms with E-state index in [1.165, 1.54) is 12.1 Å². The van der Waals surface area contributed by atoms with E-state index >= 15 is 0 Å². The van der Waals surface area contributed by atoms with Crippen molar-refractivity contribution in [3.8, 4) is 0 Å². The van der Waals surface area contributed by atoms with Crippen molar-refractivity contribution < 1.29 is 13.2 Å². The molecule has 3 aromatic rings. The lowest BCUT2D eigenvalue weighted by Crippen LogP contribution is -2.21. The van der Waals surface area contributed by atoms with E-state index in [1.54, 1.807) is 0 Å². The van der Waals surface area contributed by atoms with Crippen molar-refractivity contribution in [2.45, 2.75) is 10.5 Å². The molecule has 0 fully saturated rings. The van der Waals surface area contributed by atoms with Crippen LogP contribution in [0.2, 0.25) is 0 Å². The zero-order valence-corrected chi connectivity index (χ0v) is 14.2. The summed E-state index contributed by atoms with van der Waals surface area (Å²) in [7, 11) is 0. The van der Waals surface area contributed by atoms with Crippen molar-refractivity contribution in [1.82, 2.24) is 0 Å². The predicted molar refractivity (Wildman–Crippen MR) is 93.1 cm³/mol. The zero-order chi connectivity index (χ0) is 17.2. The largest absolute Gasteiger partial charge is 0.416 e. The normalized spacial score (nSPS) is 12.2. The lowest BCUT2D eigenvalue weighted by Gasteiger charge is -2.30. The van der Waals surface area contributed by atoms with E-state index < -0.39 is 16.1 Å². The van der Waals surface area contributed by atoms with Gasteiger partial charge in [-0.3, -0.25) is 0 Å². The summed E-state index contributed by atoms with van der Waals surface area (Å²) in [4.78, 5) is 0. The highest BCUT2D eigenvalue weighted by atomic mass is 79.9. The van der Waals surface area contributed by atoms with Gasteiger partial charge in [0.05, 0.1) is 5.56 Å². The molecule has 0 heterocycles. The monoisotopic (exact) mass is 390 g/mol. The topological polar surface area (TPSA) is 0 Å². The minimum absolute atomic E-state index is 0.651. The lowest BCUT2D eigenvalue weighted by atomic mass is 9.84. The Hall–Kier alpha value is -2.07. The third-order valence-corrected chi connectivity index (χ3v) is 5.33. The molecule has 0 spiro atoms. The van der Waals surface area contributed by atoms with Gasteiger partial charge in [-0.15, -0.1) is 0 Å². The second-order valence-electron chi connectivity index (χ2n) is 5.47. The fourth-order valence-corrected chi connectivity index (χ4v) is 3.52. The van der Waals surface area contributed by atoms with Gasteiger partial charge in [0.1, 0.15) is 4.32 Å². The highest BCUT2D eigenvalue weighted by molar-refractivity contribution is 9.10. The van der Waals surface area contributed by atoms with Crippen molar-refractivity contribution in [2.75, 3.05) is 0 Å². The summed E-state index contributed by atoms with van der Waals surface area (Å²) in [5.74, 6) is 0. The Morgan fingerprint density at radius 1 is 0.500 bits per heavy atom. The molecule has 0 aliphatic carbocycles. The smallest absolute Gasteiger partial charge is 0.166 e. The van der Waals surface area contributed by atoms with Gasteiger partial charge in [0.15, 0.2) is 0 Å². The van der Waals surface area contributed by atoms with Gasteiger partial charge in [-0.25, -0.2) is 0 Å². The van der Waals surface area contributed by atoms with Gasteiger partial charge in [-0.1, -0.05) is 88.7 Å². The van der Waals surface area contributed by atoms with Gasteiger partial charge < -0.3 is 0 Å². The Labute approximate surface area is 147 Å². The van der Waals surface area contributed by atoms with Crippen LogP contribution in [0, 0.1) is 0 Å². The van der Waals surface area contributed by atoms with Crippen LogP contribution in [0.1, 0.15) is 22.3 Å². The quantitative estimate of drug-likeness (QED) is 0.358. The molecule has 4 heteroatoms. The molecule has 0 radical (unpaired) electrons. The second-order valence-corrected chi connectivity index (χ2v) is 6.66. The predicted octanol–water partition coefficient (Wildman–Crippen LogP) is 6.39. The average Bonchev–Trinajstić information content (AvgIpc) is 2.62. The van der Waals surface area contributed by atoms with Crippen LogP contribution in [0.15, 0.2) is 84.9 Å². The summed E-state index contributed by atoms with van der Waals surface area (Å²) in [6, 6.07) is 24.6. The fourth-order valence-electron chi connectivity index (χ4n) is 2.72. The first-order valence-electron chi connectivity index (χ1n) is 7.40. The average molecular weight is 391 g/mol. The molecular formula is C20H14BrF3. The Kier molecular flexibility index (Phi) is 4.50. The van der Waals surface area contributed by atoms with Gasteiger partial charge in [0.25, 0.3) is 0 Å². The minimum atomic E-state index is -4.34. The molecule has 0 amide bonds. The van der Waals surface area contributed by atoms with E-state index in [0.29, 0.717) is 0 Å². The first kappa shape index (κ1) is 16.8. The molecule has 122 valence electrons. The third-order valence-electron chi connectivity index (χ3n) is 3.95. The Bertz CT molecular complexity index is 754. The number of alkyl halides is 4. The molecule has 0 saturated heterocycles. The second kappa shape index (κ2) is 6.44. The first-order chi connectivity index (χ1) is 11.4. The summed E-state index contributed by atoms with van der Waals surface area (Å²) in [5, 5.41) is 0. The molecule has 3 rings (SSSR count). The number of hydrogen-bond acceptors (Lipinski definition) is 0. The maximum atomic E-state index is 12.9. The van der Waals surface area contributed by atoms with Crippen LogP contribution in [-0.2, 0) is 10.5 Å². The molecule has 0 unspecified atom stereocenters. The van der Waals surface area contributed by atoms with Gasteiger partial charge in [-0.2, -0.15) is 13.2 Å². The molecule has 0 nitrogen and oxygen atoms in total. The van der Waals surface area contributed by atoms with Gasteiger partial charge >= 0.3 is 6.18 Å². The molecular weight excluding hydrogens is 377 g/mol. The Morgan fingerprint density at radius 3 is 1.21 bits per heavy atom. The highest BCUT2D eigenvalue weighted by Gasteiger charge is 2.35. The van der Waals surface area contributed by atoms with Crippen LogP contribution in [0.25, 0.3) is 0 Å². The molecule has 0 N–H and O–H groups in total. The highest BCUT2D eigenvalue weighted by Crippen LogP contribution is 2.45. The molecule has 24 heavy (non-hydrogen) atoms. The van der Waals surface area contributed by atoms with Crippen molar-refractivity contribution >= 4 is 15.9 Å². The van der Waals surface area contributed by atoms with E-state index in [2.05, 4.69) is 15.9 Å².